The lowest BCUT2D eigenvalue weighted by Crippen LogP contribution is -2.48. The third kappa shape index (κ3) is 4.07. The number of carbonyl (C=O) groups excluding carboxylic acids is 1. The molecule has 3 aliphatic heterocycles. The van der Waals surface area contributed by atoms with Gasteiger partial charge in [-0.05, 0) is 57.3 Å². The molecule has 138 valence electrons. The van der Waals surface area contributed by atoms with Crippen molar-refractivity contribution in [2.75, 3.05) is 32.7 Å². The van der Waals surface area contributed by atoms with Crippen molar-refractivity contribution in [3.8, 4) is 0 Å². The molecular weight excluding hydrogens is 318 g/mol. The van der Waals surface area contributed by atoms with Crippen LogP contribution < -0.4 is 5.32 Å². The van der Waals surface area contributed by atoms with Gasteiger partial charge in [-0.25, -0.2) is 0 Å². The van der Waals surface area contributed by atoms with Crippen molar-refractivity contribution in [3.63, 3.8) is 0 Å². The van der Waals surface area contributed by atoms with Gasteiger partial charge in [-0.15, -0.1) is 0 Å². The van der Waals surface area contributed by atoms with Crippen LogP contribution in [-0.4, -0.2) is 66.7 Å². The summed E-state index contributed by atoms with van der Waals surface area (Å²) < 4.78 is 11.4. The maximum atomic E-state index is 12.4. The highest BCUT2D eigenvalue weighted by Crippen LogP contribution is 2.31. The predicted molar refractivity (Wildman–Crippen MR) is 94.1 cm³/mol. The quantitative estimate of drug-likeness (QED) is 0.847. The average molecular weight is 347 g/mol. The number of hydrogen-bond acceptors (Lipinski definition) is 5. The molecule has 6 heteroatoms. The highest BCUT2D eigenvalue weighted by Gasteiger charge is 2.41. The summed E-state index contributed by atoms with van der Waals surface area (Å²) in [6.07, 6.45) is 7.15. The van der Waals surface area contributed by atoms with Crippen LogP contribution in [-0.2, 0) is 16.1 Å². The summed E-state index contributed by atoms with van der Waals surface area (Å²) in [5.74, 6) is 0.765. The number of hydrogen-bond donors (Lipinski definition) is 1. The molecule has 3 saturated heterocycles. The second-order valence-electron chi connectivity index (χ2n) is 7.48. The Morgan fingerprint density at radius 2 is 2.04 bits per heavy atom. The number of ether oxygens (including phenoxy) is 1. The molecule has 0 radical (unpaired) electrons. The van der Waals surface area contributed by atoms with Crippen LogP contribution in [0.3, 0.4) is 0 Å². The van der Waals surface area contributed by atoms with Gasteiger partial charge in [0.2, 0.25) is 5.91 Å². The summed E-state index contributed by atoms with van der Waals surface area (Å²) in [6, 6.07) is 4.20. The van der Waals surface area contributed by atoms with Gasteiger partial charge in [0.15, 0.2) is 0 Å². The van der Waals surface area contributed by atoms with Crippen LogP contribution in [0.2, 0.25) is 0 Å². The minimum absolute atomic E-state index is 0.00892. The van der Waals surface area contributed by atoms with Crippen molar-refractivity contribution in [1.29, 1.82) is 0 Å². The predicted octanol–water partition coefficient (Wildman–Crippen LogP) is 1.61. The molecule has 0 bridgehead atoms. The zero-order chi connectivity index (χ0) is 17.1. The number of furan rings is 1. The molecule has 3 atom stereocenters. The second-order valence-corrected chi connectivity index (χ2v) is 7.48. The van der Waals surface area contributed by atoms with Crippen molar-refractivity contribution in [1.82, 2.24) is 15.1 Å². The fourth-order valence-corrected chi connectivity index (χ4v) is 4.46. The van der Waals surface area contributed by atoms with E-state index in [4.69, 9.17) is 9.15 Å². The normalized spacial score (nSPS) is 30.5. The monoisotopic (exact) mass is 347 g/mol. The topological polar surface area (TPSA) is 58.0 Å². The largest absolute Gasteiger partial charge is 0.467 e. The van der Waals surface area contributed by atoms with E-state index in [9.17, 15) is 4.79 Å². The molecule has 3 aliphatic rings. The van der Waals surface area contributed by atoms with Gasteiger partial charge in [-0.1, -0.05) is 0 Å². The van der Waals surface area contributed by atoms with E-state index in [1.54, 1.807) is 6.26 Å². The SMILES string of the molecule is O=C(NCc1ccco1)[C@@H]1CC[C@@H]2[C@@H](CCN2CCN2CCCC2)O1. The van der Waals surface area contributed by atoms with Crippen LogP contribution in [0.25, 0.3) is 0 Å². The Morgan fingerprint density at radius 3 is 2.84 bits per heavy atom. The Morgan fingerprint density at radius 1 is 1.16 bits per heavy atom. The summed E-state index contributed by atoms with van der Waals surface area (Å²) in [5.41, 5.74) is 0. The summed E-state index contributed by atoms with van der Waals surface area (Å²) in [4.78, 5) is 17.5. The van der Waals surface area contributed by atoms with Gasteiger partial charge in [0.25, 0.3) is 0 Å². The maximum absolute atomic E-state index is 12.4. The standard InChI is InChI=1S/C19H29N3O3/c23-19(20-14-15-4-3-13-24-15)18-6-5-16-17(25-18)7-10-22(16)12-11-21-8-1-2-9-21/h3-4,13,16-18H,1-2,5-12,14H2,(H,20,23)/t16-,17-,18+/m1/s1. The van der Waals surface area contributed by atoms with E-state index in [1.807, 2.05) is 12.1 Å². The summed E-state index contributed by atoms with van der Waals surface area (Å²) in [5, 5.41) is 2.93. The molecule has 0 aliphatic carbocycles. The Kier molecular flexibility index (Phi) is 5.39. The molecule has 25 heavy (non-hydrogen) atoms. The van der Waals surface area contributed by atoms with E-state index in [0.29, 0.717) is 12.6 Å². The lowest BCUT2D eigenvalue weighted by atomic mass is 9.98. The first-order valence-electron chi connectivity index (χ1n) is 9.71. The summed E-state index contributed by atoms with van der Waals surface area (Å²) in [7, 11) is 0. The molecule has 4 heterocycles. The minimum Gasteiger partial charge on any atom is -0.467 e. The molecule has 1 N–H and O–H groups in total. The summed E-state index contributed by atoms with van der Waals surface area (Å²) in [6.45, 7) is 6.37. The van der Waals surface area contributed by atoms with Gasteiger partial charge in [-0.2, -0.15) is 0 Å². The molecule has 0 saturated carbocycles. The third-order valence-corrected chi connectivity index (χ3v) is 5.87. The first-order valence-corrected chi connectivity index (χ1v) is 9.71. The van der Waals surface area contributed by atoms with Gasteiger partial charge in [-0.3, -0.25) is 9.69 Å². The van der Waals surface area contributed by atoms with Crippen LogP contribution in [0.1, 0.15) is 37.9 Å². The molecule has 1 aromatic heterocycles. The van der Waals surface area contributed by atoms with E-state index in [1.165, 1.54) is 32.5 Å². The van der Waals surface area contributed by atoms with E-state index in [-0.39, 0.29) is 18.1 Å². The van der Waals surface area contributed by atoms with Gasteiger partial charge < -0.3 is 19.4 Å². The van der Waals surface area contributed by atoms with Crippen molar-refractivity contribution in [2.45, 2.75) is 56.9 Å². The van der Waals surface area contributed by atoms with Crippen LogP contribution in [0.4, 0.5) is 0 Å². The van der Waals surface area contributed by atoms with Crippen LogP contribution in [0.5, 0.6) is 0 Å². The second kappa shape index (κ2) is 7.89. The number of likely N-dealkylation sites (tertiary alicyclic amines) is 2. The molecule has 4 rings (SSSR count). The Hall–Kier alpha value is -1.37. The highest BCUT2D eigenvalue weighted by molar-refractivity contribution is 5.80. The van der Waals surface area contributed by atoms with Crippen LogP contribution in [0, 0.1) is 0 Å². The molecule has 1 amide bonds. The molecular formula is C19H29N3O3. The average Bonchev–Trinajstić information content (AvgIpc) is 3.39. The first kappa shape index (κ1) is 17.1. The summed E-state index contributed by atoms with van der Waals surface area (Å²) >= 11 is 0. The lowest BCUT2D eigenvalue weighted by Gasteiger charge is -2.36. The number of carbonyl (C=O) groups is 1. The van der Waals surface area contributed by atoms with Crippen molar-refractivity contribution in [2.24, 2.45) is 0 Å². The van der Waals surface area contributed by atoms with Gasteiger partial charge in [0.05, 0.1) is 18.9 Å². The van der Waals surface area contributed by atoms with Crippen LogP contribution in [0.15, 0.2) is 22.8 Å². The molecule has 6 nitrogen and oxygen atoms in total. The molecule has 1 aromatic rings. The fraction of sp³-hybridized carbons (Fsp3) is 0.737. The Bertz CT molecular complexity index is 556. The number of fused-ring (bicyclic) bond motifs is 1. The van der Waals surface area contributed by atoms with Crippen LogP contribution >= 0.6 is 0 Å². The zero-order valence-corrected chi connectivity index (χ0v) is 14.9. The van der Waals surface area contributed by atoms with Crippen molar-refractivity contribution >= 4 is 5.91 Å². The number of rotatable bonds is 6. The van der Waals surface area contributed by atoms with E-state index in [0.717, 1.165) is 38.1 Å². The number of nitrogens with zero attached hydrogens (tertiary/aromatic N) is 2. The molecule has 0 unspecified atom stereocenters. The Balaban J connectivity index is 1.22. The first-order chi connectivity index (χ1) is 12.3. The van der Waals surface area contributed by atoms with E-state index >= 15 is 0 Å². The molecule has 0 spiro atoms. The Labute approximate surface area is 149 Å². The highest BCUT2D eigenvalue weighted by atomic mass is 16.5. The zero-order valence-electron chi connectivity index (χ0n) is 14.9. The molecule has 3 fully saturated rings. The minimum atomic E-state index is -0.310. The smallest absolute Gasteiger partial charge is 0.249 e. The van der Waals surface area contributed by atoms with Crippen molar-refractivity contribution in [3.05, 3.63) is 24.2 Å². The fourth-order valence-electron chi connectivity index (χ4n) is 4.46. The van der Waals surface area contributed by atoms with Gasteiger partial charge in [0, 0.05) is 25.7 Å². The van der Waals surface area contributed by atoms with E-state index in [2.05, 4.69) is 15.1 Å². The lowest BCUT2D eigenvalue weighted by molar-refractivity contribution is -0.144. The molecule has 0 aromatic carbocycles. The van der Waals surface area contributed by atoms with Gasteiger partial charge >= 0.3 is 0 Å². The number of amides is 1. The maximum Gasteiger partial charge on any atom is 0.249 e. The number of nitrogens with one attached hydrogen (secondary N) is 1. The van der Waals surface area contributed by atoms with E-state index < -0.39 is 0 Å². The van der Waals surface area contributed by atoms with Gasteiger partial charge in [0.1, 0.15) is 11.9 Å². The van der Waals surface area contributed by atoms with Crippen molar-refractivity contribution < 1.29 is 13.9 Å². The third-order valence-electron chi connectivity index (χ3n) is 5.87.